The van der Waals surface area contributed by atoms with Crippen molar-refractivity contribution in [2.45, 2.75) is 76.8 Å². The van der Waals surface area contributed by atoms with Gasteiger partial charge in [-0.2, -0.15) is 0 Å². The largest absolute Gasteiger partial charge is 0.761 e. The number of carbonyl (C=O) groups is 7. The number of aliphatic hydroxyl groups excluding tert-OH is 1. The van der Waals surface area contributed by atoms with Crippen molar-refractivity contribution in [2.24, 2.45) is 26.4 Å². The summed E-state index contributed by atoms with van der Waals surface area (Å²) in [5.41, 5.74) is 9.40. The zero-order valence-electron chi connectivity index (χ0n) is 30.4. The number of carboxylic acid groups (broad SMARTS) is 1. The molecule has 57 heavy (non-hydrogen) atoms. The summed E-state index contributed by atoms with van der Waals surface area (Å²) in [6, 6.07) is -7.48. The van der Waals surface area contributed by atoms with Gasteiger partial charge in [0.1, 0.15) is 47.7 Å². The van der Waals surface area contributed by atoms with Crippen molar-refractivity contribution in [3.63, 3.8) is 0 Å². The van der Waals surface area contributed by atoms with E-state index in [0.29, 0.717) is 0 Å². The number of cyclic esters (lactones) is 1. The van der Waals surface area contributed by atoms with Crippen LogP contribution >= 0.6 is 0 Å². The summed E-state index contributed by atoms with van der Waals surface area (Å²) in [5, 5.41) is 31.8. The van der Waals surface area contributed by atoms with Crippen LogP contribution in [0.15, 0.2) is 36.4 Å². The molecular weight excluding hydrogens is 899 g/mol. The Morgan fingerprint density at radius 2 is 1.47 bits per heavy atom. The minimum Gasteiger partial charge on any atom is -0.761 e. The quantitative estimate of drug-likeness (QED) is 0.00748. The van der Waals surface area contributed by atoms with Gasteiger partial charge in [-0.3, -0.25) is 37.9 Å². The summed E-state index contributed by atoms with van der Waals surface area (Å²) in [5.74, 6) is -8.31. The van der Waals surface area contributed by atoms with Gasteiger partial charge in [0.05, 0.1) is 6.61 Å². The van der Waals surface area contributed by atoms with E-state index in [4.69, 9.17) is 46.6 Å². The fourth-order valence-electron chi connectivity index (χ4n) is 4.24. The van der Waals surface area contributed by atoms with Crippen molar-refractivity contribution in [3.8, 4) is 0 Å². The number of hydrogen-bond acceptors (Lipinski definition) is 20. The SMILES string of the molecule is CC(NC(=O)C(C)N/C([S-])=C1/N=C(C(NC(=O)C(CO)NC(=O)C(C)N/C([S-])=C2/N=C(C(=O)CCCN=C(N)N)NC2=O)C(C)OS(=O)(=O)[O-])OC1=O)C(=O)O.[Y]. The third kappa shape index (κ3) is 15.8. The minimum absolute atomic E-state index is 0. The van der Waals surface area contributed by atoms with E-state index in [1.165, 1.54) is 20.8 Å². The summed E-state index contributed by atoms with van der Waals surface area (Å²) >= 11 is 10.3. The molecule has 0 saturated carbocycles. The van der Waals surface area contributed by atoms with Gasteiger partial charge in [0.25, 0.3) is 5.91 Å². The van der Waals surface area contributed by atoms with Gasteiger partial charge in [-0.15, -0.1) is 0 Å². The Morgan fingerprint density at radius 1 is 0.912 bits per heavy atom. The molecule has 2 heterocycles. The molecule has 4 amide bonds. The molecule has 2 aliphatic rings. The fraction of sp³-hybridized carbons (Fsp3) is 0.500. The zero-order chi connectivity index (χ0) is 42.7. The first kappa shape index (κ1) is 50.6. The summed E-state index contributed by atoms with van der Waals surface area (Å²) < 4.78 is 43.6. The predicted octanol–water partition coefficient (Wildman–Crippen LogP) is -6.11. The Balaban J connectivity index is 0.0000162. The number of carbonyl (C=O) groups excluding carboxylic acids is 6. The zero-order valence-corrected chi connectivity index (χ0v) is 35.7. The number of amides is 4. The average Bonchev–Trinajstić information content (AvgIpc) is 3.68. The molecule has 0 bridgehead atoms. The second-order valence-electron chi connectivity index (χ2n) is 11.7. The number of aliphatic imine (C=N–C) groups is 3. The number of hydrogen-bond donors (Lipinski definition) is 10. The van der Waals surface area contributed by atoms with Gasteiger partial charge >= 0.3 is 11.9 Å². The maximum Gasteiger partial charge on any atom is 0.363 e. The number of nitrogens with two attached hydrogens (primary N) is 2. The van der Waals surface area contributed by atoms with Gasteiger partial charge in [-0.1, -0.05) is 10.1 Å². The van der Waals surface area contributed by atoms with Crippen LogP contribution in [0.1, 0.15) is 40.5 Å². The second kappa shape index (κ2) is 22.5. The molecule has 2 rings (SSSR count). The van der Waals surface area contributed by atoms with Crippen LogP contribution in [-0.4, -0.2) is 132 Å². The molecule has 25 nitrogen and oxygen atoms in total. The predicted molar refractivity (Wildman–Crippen MR) is 194 cm³/mol. The number of nitrogens with zero attached hydrogens (tertiary/aromatic N) is 3. The number of rotatable bonds is 21. The van der Waals surface area contributed by atoms with E-state index in [2.05, 4.69) is 51.1 Å². The molecule has 0 spiro atoms. The number of guanidine groups is 1. The third-order valence-electron chi connectivity index (χ3n) is 7.16. The first-order chi connectivity index (χ1) is 25.9. The first-order valence-corrected chi connectivity index (χ1v) is 18.1. The maximum atomic E-state index is 13.3. The molecule has 12 N–H and O–H groups in total. The Bertz CT molecular complexity index is 1890. The molecular formula is C28H38N11O14S3Y-3. The summed E-state index contributed by atoms with van der Waals surface area (Å²) in [6.07, 6.45) is -1.66. The number of carboxylic acids is 1. The fourth-order valence-corrected chi connectivity index (χ4v) is 5.34. The minimum atomic E-state index is -5.45. The number of esters is 1. The van der Waals surface area contributed by atoms with Gasteiger partial charge in [0, 0.05) is 45.7 Å². The van der Waals surface area contributed by atoms with Crippen LogP contribution in [0.5, 0.6) is 0 Å². The Labute approximate surface area is 360 Å². The van der Waals surface area contributed by atoms with Crippen molar-refractivity contribution in [1.82, 2.24) is 31.9 Å². The van der Waals surface area contributed by atoms with Crippen LogP contribution in [0.3, 0.4) is 0 Å². The summed E-state index contributed by atoms with van der Waals surface area (Å²) in [7, 11) is -5.45. The molecule has 0 aromatic heterocycles. The van der Waals surface area contributed by atoms with E-state index in [0.717, 1.165) is 6.92 Å². The third-order valence-corrected chi connectivity index (χ3v) is 8.32. The molecule has 2 aliphatic heterocycles. The van der Waals surface area contributed by atoms with Gasteiger partial charge in [-0.05, 0) is 34.1 Å². The van der Waals surface area contributed by atoms with Crippen LogP contribution in [0.4, 0.5) is 0 Å². The number of amidine groups is 1. The molecule has 6 atom stereocenters. The smallest absolute Gasteiger partial charge is 0.363 e. The van der Waals surface area contributed by atoms with Crippen molar-refractivity contribution >= 4 is 94.7 Å². The van der Waals surface area contributed by atoms with Crippen molar-refractivity contribution in [3.05, 3.63) is 21.5 Å². The molecule has 6 unspecified atom stereocenters. The van der Waals surface area contributed by atoms with Crippen molar-refractivity contribution in [2.75, 3.05) is 13.2 Å². The summed E-state index contributed by atoms with van der Waals surface area (Å²) in [6.45, 7) is 3.75. The molecule has 313 valence electrons. The number of aliphatic carboxylic acids is 1. The van der Waals surface area contributed by atoms with E-state index in [9.17, 15) is 51.6 Å². The normalized spacial score (nSPS) is 18.6. The van der Waals surface area contributed by atoms with Crippen LogP contribution in [-0.2, 0) is 111 Å². The Kier molecular flexibility index (Phi) is 19.9. The molecule has 0 aromatic rings. The van der Waals surface area contributed by atoms with E-state index in [1.807, 2.05) is 0 Å². The van der Waals surface area contributed by atoms with Crippen molar-refractivity contribution < 1.29 is 98.4 Å². The van der Waals surface area contributed by atoms with Crippen LogP contribution < -0.4 is 43.4 Å². The van der Waals surface area contributed by atoms with E-state index in [-0.39, 0.29) is 68.9 Å². The molecule has 0 aliphatic carbocycles. The van der Waals surface area contributed by atoms with E-state index in [1.54, 1.807) is 0 Å². The van der Waals surface area contributed by atoms with Gasteiger partial charge in [0.15, 0.2) is 17.6 Å². The maximum absolute atomic E-state index is 13.3. The Morgan fingerprint density at radius 3 is 2.00 bits per heavy atom. The van der Waals surface area contributed by atoms with Crippen LogP contribution in [0.25, 0.3) is 0 Å². The van der Waals surface area contributed by atoms with E-state index >= 15 is 0 Å². The van der Waals surface area contributed by atoms with Gasteiger partial charge < -0.3 is 88.1 Å². The topological polar surface area (TPSA) is 397 Å². The average molecular weight is 938 g/mol. The van der Waals surface area contributed by atoms with Gasteiger partial charge in [-0.25, -0.2) is 23.2 Å². The van der Waals surface area contributed by atoms with E-state index < -0.39 is 117 Å². The monoisotopic (exact) mass is 937 g/mol. The number of nitrogens with one attached hydrogen (secondary N) is 6. The number of aliphatic hydroxyl groups is 1. The molecule has 0 fully saturated rings. The van der Waals surface area contributed by atoms with Gasteiger partial charge in [0.2, 0.25) is 34.0 Å². The van der Waals surface area contributed by atoms with Crippen LogP contribution in [0, 0.1) is 0 Å². The number of Topliss-reactive ketones (excluding diaryl/α,β-unsaturated/α-hetero) is 1. The summed E-state index contributed by atoms with van der Waals surface area (Å²) in [4.78, 5) is 98.6. The number of ketones is 1. The van der Waals surface area contributed by atoms with Crippen molar-refractivity contribution in [1.29, 1.82) is 0 Å². The standard InChI is InChI=1S/C28H41N11O14S3.Y/c1-9(19(42)32-11(3)26(46)47)34-25(55)17-27(48)52-23(38-17)15(12(4)53-56(49,50)51)37-21(44)13(8-40)35-20(43)10(2)33-24(54)16-22(45)39-18(36-16)14(41)6-5-7-31-28(29)30;/h9-13,15,33-34,40,54-55H,5-8H2,1-4H3,(H,32,42)(H,35,43)(H,37,44)(H,46,47)(H4,29,30,31)(H,36,39,45)(H,49,50,51);/p-3/b24-16-,25-17-;. The molecule has 0 saturated heterocycles. The second-order valence-corrected chi connectivity index (χ2v) is 13.5. The molecule has 1 radical (unpaired) electrons. The molecule has 29 heteroatoms. The van der Waals surface area contributed by atoms with Crippen LogP contribution in [0.2, 0.25) is 0 Å². The first-order valence-electron chi connectivity index (χ1n) is 16.0. The number of ether oxygens (including phenoxy) is 1. The molecule has 0 aromatic carbocycles. The Hall–Kier alpha value is -4.45.